The third-order valence-electron chi connectivity index (χ3n) is 3.26. The number of aromatic nitrogens is 2. The molecule has 5 heteroatoms. The van der Waals surface area contributed by atoms with E-state index in [0.29, 0.717) is 0 Å². The second kappa shape index (κ2) is 5.63. The van der Waals surface area contributed by atoms with Gasteiger partial charge in [-0.1, -0.05) is 29.8 Å². The minimum atomic E-state index is -0.0603. The van der Waals surface area contributed by atoms with Crippen molar-refractivity contribution in [3.05, 3.63) is 46.2 Å². The molecule has 0 saturated heterocycles. The molecule has 1 atom stereocenters. The van der Waals surface area contributed by atoms with Gasteiger partial charge in [-0.05, 0) is 25.1 Å². The Balaban J connectivity index is 2.56. The SMILES string of the molecule is CNC(c1cccc(C)c1Cl)c1c(OC)cnn1C. The maximum atomic E-state index is 6.42. The van der Waals surface area contributed by atoms with Gasteiger partial charge in [0.15, 0.2) is 5.75 Å². The lowest BCUT2D eigenvalue weighted by Crippen LogP contribution is -2.21. The highest BCUT2D eigenvalue weighted by atomic mass is 35.5. The predicted octanol–water partition coefficient (Wildman–Crippen LogP) is 2.70. The van der Waals surface area contributed by atoms with Crippen molar-refractivity contribution in [3.63, 3.8) is 0 Å². The third kappa shape index (κ3) is 2.46. The molecule has 1 aromatic carbocycles. The summed E-state index contributed by atoms with van der Waals surface area (Å²) in [5.41, 5.74) is 3.03. The van der Waals surface area contributed by atoms with Crippen LogP contribution in [0.25, 0.3) is 0 Å². The Hall–Kier alpha value is -1.52. The Morgan fingerprint density at radius 3 is 2.79 bits per heavy atom. The van der Waals surface area contributed by atoms with Gasteiger partial charge in [0.1, 0.15) is 5.69 Å². The molecule has 2 aromatic rings. The van der Waals surface area contributed by atoms with Gasteiger partial charge in [-0.2, -0.15) is 5.10 Å². The summed E-state index contributed by atoms with van der Waals surface area (Å²) in [6.45, 7) is 2.00. The first-order chi connectivity index (χ1) is 9.10. The molecule has 102 valence electrons. The average molecular weight is 280 g/mol. The van der Waals surface area contributed by atoms with Crippen molar-refractivity contribution in [2.75, 3.05) is 14.2 Å². The van der Waals surface area contributed by atoms with Gasteiger partial charge >= 0.3 is 0 Å². The second-order valence-corrected chi connectivity index (χ2v) is 4.80. The van der Waals surface area contributed by atoms with E-state index in [2.05, 4.69) is 10.4 Å². The number of hydrogen-bond acceptors (Lipinski definition) is 3. The zero-order chi connectivity index (χ0) is 14.0. The standard InChI is InChI=1S/C14H18ClN3O/c1-9-6-5-7-10(12(9)15)13(16-2)14-11(19-4)8-17-18(14)3/h5-8,13,16H,1-4H3. The molecule has 0 amide bonds. The first kappa shape index (κ1) is 13.9. The van der Waals surface area contributed by atoms with Gasteiger partial charge in [-0.3, -0.25) is 4.68 Å². The van der Waals surface area contributed by atoms with Gasteiger partial charge < -0.3 is 10.1 Å². The lowest BCUT2D eigenvalue weighted by atomic mass is 10.0. The average Bonchev–Trinajstić information content (AvgIpc) is 2.77. The van der Waals surface area contributed by atoms with E-state index in [-0.39, 0.29) is 6.04 Å². The second-order valence-electron chi connectivity index (χ2n) is 4.42. The molecule has 0 spiro atoms. The van der Waals surface area contributed by atoms with Crippen LogP contribution in [0.2, 0.25) is 5.02 Å². The van der Waals surface area contributed by atoms with E-state index < -0.39 is 0 Å². The lowest BCUT2D eigenvalue weighted by Gasteiger charge is -2.20. The van der Waals surface area contributed by atoms with Gasteiger partial charge in [-0.25, -0.2) is 0 Å². The Morgan fingerprint density at radius 2 is 2.16 bits per heavy atom. The normalized spacial score (nSPS) is 12.5. The molecule has 0 bridgehead atoms. The molecule has 0 saturated carbocycles. The molecule has 1 N–H and O–H groups in total. The monoisotopic (exact) mass is 279 g/mol. The number of hydrogen-bond donors (Lipinski definition) is 1. The summed E-state index contributed by atoms with van der Waals surface area (Å²) in [5, 5.41) is 8.29. The van der Waals surface area contributed by atoms with E-state index >= 15 is 0 Å². The van der Waals surface area contributed by atoms with Crippen LogP contribution in [0.5, 0.6) is 5.75 Å². The summed E-state index contributed by atoms with van der Waals surface area (Å²) >= 11 is 6.42. The van der Waals surface area contributed by atoms with Crippen LogP contribution in [0.3, 0.4) is 0 Å². The van der Waals surface area contributed by atoms with Gasteiger partial charge in [0.25, 0.3) is 0 Å². The molecule has 4 nitrogen and oxygen atoms in total. The molecule has 2 rings (SSSR count). The summed E-state index contributed by atoms with van der Waals surface area (Å²) < 4.78 is 7.18. The van der Waals surface area contributed by atoms with Crippen molar-refractivity contribution in [1.29, 1.82) is 0 Å². The highest BCUT2D eigenvalue weighted by Gasteiger charge is 2.23. The highest BCUT2D eigenvalue weighted by Crippen LogP contribution is 2.34. The Bertz CT molecular complexity index is 580. The largest absolute Gasteiger partial charge is 0.493 e. The third-order valence-corrected chi connectivity index (χ3v) is 3.78. The van der Waals surface area contributed by atoms with Crippen LogP contribution in [0.15, 0.2) is 24.4 Å². The number of rotatable bonds is 4. The molecular weight excluding hydrogens is 262 g/mol. The Morgan fingerprint density at radius 1 is 1.42 bits per heavy atom. The predicted molar refractivity (Wildman–Crippen MR) is 76.9 cm³/mol. The quantitative estimate of drug-likeness (QED) is 0.935. The zero-order valence-corrected chi connectivity index (χ0v) is 12.3. The van der Waals surface area contributed by atoms with Gasteiger partial charge in [0, 0.05) is 12.1 Å². The number of nitrogens with zero attached hydrogens (tertiary/aromatic N) is 2. The minimum absolute atomic E-state index is 0.0603. The van der Waals surface area contributed by atoms with E-state index in [4.69, 9.17) is 16.3 Å². The van der Waals surface area contributed by atoms with Gasteiger partial charge in [-0.15, -0.1) is 0 Å². The number of halogens is 1. The van der Waals surface area contributed by atoms with Crippen LogP contribution in [-0.2, 0) is 7.05 Å². The molecule has 0 fully saturated rings. The molecule has 19 heavy (non-hydrogen) atoms. The molecule has 0 aliphatic heterocycles. The summed E-state index contributed by atoms with van der Waals surface area (Å²) in [7, 11) is 5.44. The van der Waals surface area contributed by atoms with Crippen molar-refractivity contribution >= 4 is 11.6 Å². The van der Waals surface area contributed by atoms with E-state index in [1.165, 1.54) is 0 Å². The first-order valence-corrected chi connectivity index (χ1v) is 6.46. The van der Waals surface area contributed by atoms with Gasteiger partial charge in [0.2, 0.25) is 0 Å². The van der Waals surface area contributed by atoms with Crippen LogP contribution in [0.1, 0.15) is 22.9 Å². The Kier molecular flexibility index (Phi) is 4.12. The number of aryl methyl sites for hydroxylation is 2. The number of ether oxygens (including phenoxy) is 1. The Labute approximate surface area is 118 Å². The van der Waals surface area contributed by atoms with Crippen LogP contribution in [0.4, 0.5) is 0 Å². The van der Waals surface area contributed by atoms with Crippen LogP contribution < -0.4 is 10.1 Å². The lowest BCUT2D eigenvalue weighted by molar-refractivity contribution is 0.402. The first-order valence-electron chi connectivity index (χ1n) is 6.08. The highest BCUT2D eigenvalue weighted by molar-refractivity contribution is 6.32. The number of nitrogens with one attached hydrogen (secondary N) is 1. The van der Waals surface area contributed by atoms with E-state index in [0.717, 1.165) is 27.6 Å². The van der Waals surface area contributed by atoms with Crippen molar-refractivity contribution < 1.29 is 4.74 Å². The molecule has 1 heterocycles. The fraction of sp³-hybridized carbons (Fsp3) is 0.357. The van der Waals surface area contributed by atoms with Crippen LogP contribution >= 0.6 is 11.6 Å². The topological polar surface area (TPSA) is 39.1 Å². The molecule has 1 aromatic heterocycles. The zero-order valence-electron chi connectivity index (χ0n) is 11.6. The van der Waals surface area contributed by atoms with Gasteiger partial charge in [0.05, 0.1) is 19.3 Å². The minimum Gasteiger partial charge on any atom is -0.493 e. The molecule has 0 aliphatic rings. The molecule has 0 radical (unpaired) electrons. The number of benzene rings is 1. The van der Waals surface area contributed by atoms with Crippen LogP contribution in [-0.4, -0.2) is 23.9 Å². The molecular formula is C14H18ClN3O. The van der Waals surface area contributed by atoms with Crippen molar-refractivity contribution in [3.8, 4) is 5.75 Å². The fourth-order valence-corrected chi connectivity index (χ4v) is 2.48. The van der Waals surface area contributed by atoms with E-state index in [1.54, 1.807) is 18.0 Å². The van der Waals surface area contributed by atoms with Crippen molar-refractivity contribution in [2.45, 2.75) is 13.0 Å². The summed E-state index contributed by atoms with van der Waals surface area (Å²) in [5.74, 6) is 0.749. The maximum Gasteiger partial charge on any atom is 0.161 e. The molecule has 0 aliphatic carbocycles. The fourth-order valence-electron chi connectivity index (χ4n) is 2.25. The van der Waals surface area contributed by atoms with E-state index in [9.17, 15) is 0 Å². The molecule has 1 unspecified atom stereocenters. The van der Waals surface area contributed by atoms with Crippen molar-refractivity contribution in [2.24, 2.45) is 7.05 Å². The summed E-state index contributed by atoms with van der Waals surface area (Å²) in [4.78, 5) is 0. The van der Waals surface area contributed by atoms with E-state index in [1.807, 2.05) is 39.2 Å². The van der Waals surface area contributed by atoms with Crippen LogP contribution in [0, 0.1) is 6.92 Å². The van der Waals surface area contributed by atoms with Crippen molar-refractivity contribution in [1.82, 2.24) is 15.1 Å². The summed E-state index contributed by atoms with van der Waals surface area (Å²) in [6.07, 6.45) is 1.71. The summed E-state index contributed by atoms with van der Waals surface area (Å²) in [6, 6.07) is 5.96. The smallest absolute Gasteiger partial charge is 0.161 e. The number of methoxy groups -OCH3 is 1. The maximum absolute atomic E-state index is 6.42.